The lowest BCUT2D eigenvalue weighted by atomic mass is 10.4. The summed E-state index contributed by atoms with van der Waals surface area (Å²) in [5.41, 5.74) is 6.27. The van der Waals surface area contributed by atoms with Gasteiger partial charge in [0.2, 0.25) is 0 Å². The summed E-state index contributed by atoms with van der Waals surface area (Å²) in [4.78, 5) is 0. The first-order chi connectivity index (χ1) is 4.86. The van der Waals surface area contributed by atoms with Crippen molar-refractivity contribution in [3.05, 3.63) is 12.4 Å². The highest BCUT2D eigenvalue weighted by Crippen LogP contribution is 2.28. The lowest BCUT2D eigenvalue weighted by Crippen LogP contribution is -2.22. The summed E-state index contributed by atoms with van der Waals surface area (Å²) in [6, 6.07) is 0.599. The van der Waals surface area contributed by atoms with Crippen molar-refractivity contribution >= 4 is 17.4 Å². The van der Waals surface area contributed by atoms with Gasteiger partial charge >= 0.3 is 0 Å². The number of anilines is 1. The molecule has 0 amide bonds. The fourth-order valence-corrected chi connectivity index (χ4v) is 1.68. The molecule has 0 unspecified atom stereocenters. The molecule has 0 aliphatic carbocycles. The summed E-state index contributed by atoms with van der Waals surface area (Å²) in [5, 5.41) is 4.12. The Balaban J connectivity index is 2.17. The molecule has 3 nitrogen and oxygen atoms in total. The normalized spacial score (nSPS) is 18.8. The van der Waals surface area contributed by atoms with Crippen molar-refractivity contribution in [2.24, 2.45) is 0 Å². The molecule has 0 aromatic carbocycles. The molecule has 1 saturated heterocycles. The predicted molar refractivity (Wildman–Crippen MR) is 43.0 cm³/mol. The molecule has 10 heavy (non-hydrogen) atoms. The average Bonchev–Trinajstić information content (AvgIpc) is 2.10. The van der Waals surface area contributed by atoms with Gasteiger partial charge in [-0.1, -0.05) is 0 Å². The summed E-state index contributed by atoms with van der Waals surface area (Å²) in [7, 11) is 0. The van der Waals surface area contributed by atoms with Crippen LogP contribution in [0.15, 0.2) is 12.4 Å². The molecule has 1 aliphatic heterocycles. The minimum absolute atomic E-state index is 0.599. The molecule has 1 fully saturated rings. The maximum atomic E-state index is 5.51. The van der Waals surface area contributed by atoms with Gasteiger partial charge in [-0.3, -0.25) is 4.68 Å². The van der Waals surface area contributed by atoms with E-state index in [1.54, 1.807) is 6.20 Å². The van der Waals surface area contributed by atoms with Crippen LogP contribution in [0, 0.1) is 0 Å². The molecule has 0 saturated carbocycles. The third-order valence-corrected chi connectivity index (χ3v) is 2.86. The van der Waals surface area contributed by atoms with Crippen LogP contribution < -0.4 is 5.73 Å². The highest BCUT2D eigenvalue weighted by Gasteiger charge is 2.20. The third-order valence-electron chi connectivity index (χ3n) is 1.62. The quantitative estimate of drug-likeness (QED) is 0.651. The molecule has 2 rings (SSSR count). The molecule has 0 spiro atoms. The maximum absolute atomic E-state index is 5.51. The van der Waals surface area contributed by atoms with Gasteiger partial charge in [-0.2, -0.15) is 16.9 Å². The van der Waals surface area contributed by atoms with Gasteiger partial charge < -0.3 is 5.73 Å². The van der Waals surface area contributed by atoms with Crippen LogP contribution in [0.2, 0.25) is 0 Å². The van der Waals surface area contributed by atoms with Crippen molar-refractivity contribution in [1.82, 2.24) is 9.78 Å². The lowest BCUT2D eigenvalue weighted by Gasteiger charge is -2.24. The van der Waals surface area contributed by atoms with Gasteiger partial charge in [0.15, 0.2) is 0 Å². The first-order valence-electron chi connectivity index (χ1n) is 3.23. The first kappa shape index (κ1) is 6.09. The van der Waals surface area contributed by atoms with Crippen LogP contribution >= 0.6 is 11.8 Å². The summed E-state index contributed by atoms with van der Waals surface area (Å²) >= 11 is 1.95. The second kappa shape index (κ2) is 2.20. The van der Waals surface area contributed by atoms with Gasteiger partial charge in [-0.15, -0.1) is 0 Å². The van der Waals surface area contributed by atoms with E-state index in [0.717, 1.165) is 5.69 Å². The van der Waals surface area contributed by atoms with E-state index in [0.29, 0.717) is 6.04 Å². The van der Waals surface area contributed by atoms with E-state index >= 15 is 0 Å². The largest absolute Gasteiger partial charge is 0.396 e. The Hall–Kier alpha value is -0.640. The second-order valence-corrected chi connectivity index (χ2v) is 3.52. The summed E-state index contributed by atoms with van der Waals surface area (Å²) in [6.45, 7) is 0. The van der Waals surface area contributed by atoms with Crippen molar-refractivity contribution in [3.63, 3.8) is 0 Å². The van der Waals surface area contributed by atoms with Crippen molar-refractivity contribution < 1.29 is 0 Å². The Morgan fingerprint density at radius 3 is 2.90 bits per heavy atom. The van der Waals surface area contributed by atoms with Crippen LogP contribution in [-0.2, 0) is 0 Å². The van der Waals surface area contributed by atoms with E-state index in [9.17, 15) is 0 Å². The molecule has 1 aliphatic rings. The van der Waals surface area contributed by atoms with E-state index in [2.05, 4.69) is 5.10 Å². The average molecular weight is 155 g/mol. The number of hydrogen-bond donors (Lipinski definition) is 1. The van der Waals surface area contributed by atoms with Gasteiger partial charge in [0.25, 0.3) is 0 Å². The monoisotopic (exact) mass is 155 g/mol. The smallest absolute Gasteiger partial charge is 0.0719 e. The minimum atomic E-state index is 0.599. The van der Waals surface area contributed by atoms with Gasteiger partial charge in [-0.25, -0.2) is 0 Å². The standard InChI is InChI=1S/C6H9N3S/c7-5-1-8-9(2-5)6-3-10-4-6/h1-2,6H,3-4,7H2. The zero-order valence-electron chi connectivity index (χ0n) is 5.53. The van der Waals surface area contributed by atoms with Crippen LogP contribution in [0.25, 0.3) is 0 Å². The van der Waals surface area contributed by atoms with E-state index in [4.69, 9.17) is 5.73 Å². The van der Waals surface area contributed by atoms with Crippen LogP contribution in [0.1, 0.15) is 6.04 Å². The summed E-state index contributed by atoms with van der Waals surface area (Å²) < 4.78 is 1.95. The van der Waals surface area contributed by atoms with Crippen molar-refractivity contribution in [3.8, 4) is 0 Å². The lowest BCUT2D eigenvalue weighted by molar-refractivity contribution is 0.527. The van der Waals surface area contributed by atoms with Crippen molar-refractivity contribution in [1.29, 1.82) is 0 Å². The van der Waals surface area contributed by atoms with Crippen LogP contribution in [0.3, 0.4) is 0 Å². The molecule has 2 heterocycles. The molecule has 0 radical (unpaired) electrons. The SMILES string of the molecule is Nc1cnn(C2CSC2)c1. The highest BCUT2D eigenvalue weighted by atomic mass is 32.2. The second-order valence-electron chi connectivity index (χ2n) is 2.44. The zero-order valence-corrected chi connectivity index (χ0v) is 6.34. The topological polar surface area (TPSA) is 43.8 Å². The fourth-order valence-electron chi connectivity index (χ4n) is 0.928. The number of rotatable bonds is 1. The molecule has 1 aromatic heterocycles. The zero-order chi connectivity index (χ0) is 6.97. The Bertz CT molecular complexity index is 229. The van der Waals surface area contributed by atoms with Gasteiger partial charge in [0.1, 0.15) is 0 Å². The highest BCUT2D eigenvalue weighted by molar-refractivity contribution is 8.00. The number of hydrogen-bond acceptors (Lipinski definition) is 3. The molecule has 0 atom stereocenters. The van der Waals surface area contributed by atoms with Crippen LogP contribution in [0.4, 0.5) is 5.69 Å². The van der Waals surface area contributed by atoms with Gasteiger partial charge in [0, 0.05) is 17.7 Å². The predicted octanol–water partition coefficient (Wildman–Crippen LogP) is 0.753. The molecule has 0 bridgehead atoms. The number of nitrogen functional groups attached to an aromatic ring is 1. The first-order valence-corrected chi connectivity index (χ1v) is 4.39. The molecule has 1 aromatic rings. The Kier molecular flexibility index (Phi) is 1.34. The number of thioether (sulfide) groups is 1. The number of nitrogens with zero attached hydrogens (tertiary/aromatic N) is 2. The van der Waals surface area contributed by atoms with Gasteiger partial charge in [0.05, 0.1) is 17.9 Å². The molecular formula is C6H9N3S. The molecule has 54 valence electrons. The Labute approximate surface area is 63.6 Å². The van der Waals surface area contributed by atoms with E-state index in [1.165, 1.54) is 11.5 Å². The Morgan fingerprint density at radius 2 is 2.50 bits per heavy atom. The number of aromatic nitrogens is 2. The molecule has 2 N–H and O–H groups in total. The maximum Gasteiger partial charge on any atom is 0.0719 e. The summed E-state index contributed by atoms with van der Waals surface area (Å²) in [6.07, 6.45) is 3.59. The van der Waals surface area contributed by atoms with Gasteiger partial charge in [-0.05, 0) is 0 Å². The van der Waals surface area contributed by atoms with E-state index < -0.39 is 0 Å². The summed E-state index contributed by atoms with van der Waals surface area (Å²) in [5.74, 6) is 2.36. The fraction of sp³-hybridized carbons (Fsp3) is 0.500. The van der Waals surface area contributed by atoms with E-state index in [1.807, 2.05) is 22.6 Å². The number of nitrogens with two attached hydrogens (primary N) is 1. The van der Waals surface area contributed by atoms with Crippen molar-refractivity contribution in [2.75, 3.05) is 17.2 Å². The van der Waals surface area contributed by atoms with Crippen LogP contribution in [0.5, 0.6) is 0 Å². The van der Waals surface area contributed by atoms with E-state index in [-0.39, 0.29) is 0 Å². The molecular weight excluding hydrogens is 146 g/mol. The van der Waals surface area contributed by atoms with Crippen LogP contribution in [-0.4, -0.2) is 21.3 Å². The Morgan fingerprint density at radius 1 is 1.70 bits per heavy atom. The third kappa shape index (κ3) is 0.883. The van der Waals surface area contributed by atoms with Crippen molar-refractivity contribution in [2.45, 2.75) is 6.04 Å². The minimum Gasteiger partial charge on any atom is -0.396 e. The molecule has 4 heteroatoms.